The van der Waals surface area contributed by atoms with E-state index in [1.165, 1.54) is 30.4 Å². The van der Waals surface area contributed by atoms with Gasteiger partial charge in [-0.15, -0.1) is 0 Å². The van der Waals surface area contributed by atoms with E-state index in [2.05, 4.69) is 27.4 Å². The number of amides is 1. The lowest BCUT2D eigenvalue weighted by atomic mass is 9.96. The Balaban J connectivity index is 1.83. The molecule has 2 aromatic rings. The molecule has 138 valence electrons. The number of aryl methyl sites for hydroxylation is 2. The highest BCUT2D eigenvalue weighted by atomic mass is 16.5. The molecule has 0 spiro atoms. The maximum absolute atomic E-state index is 12.6. The van der Waals surface area contributed by atoms with Crippen LogP contribution in [0.5, 0.6) is 5.75 Å². The molecule has 1 N–H and O–H groups in total. The third-order valence-electron chi connectivity index (χ3n) is 4.75. The second kappa shape index (κ2) is 7.44. The molecule has 0 unspecified atom stereocenters. The topological polar surface area (TPSA) is 64.1 Å². The Morgan fingerprint density at radius 1 is 1.04 bits per heavy atom. The molecule has 5 heteroatoms. The van der Waals surface area contributed by atoms with Crippen LogP contribution >= 0.6 is 0 Å². The van der Waals surface area contributed by atoms with Gasteiger partial charge in [-0.25, -0.2) is 9.97 Å². The molecule has 1 aromatic carbocycles. The van der Waals surface area contributed by atoms with Crippen molar-refractivity contribution in [3.8, 4) is 5.75 Å². The van der Waals surface area contributed by atoms with Gasteiger partial charge in [-0.1, -0.05) is 27.2 Å². The number of carbonyl (C=O) groups is 1. The predicted octanol–water partition coefficient (Wildman–Crippen LogP) is 4.30. The first-order chi connectivity index (χ1) is 12.4. The molecule has 0 bridgehead atoms. The Morgan fingerprint density at radius 3 is 2.23 bits per heavy atom. The van der Waals surface area contributed by atoms with Gasteiger partial charge < -0.3 is 10.1 Å². The maximum atomic E-state index is 12.6. The molecule has 5 nitrogen and oxygen atoms in total. The van der Waals surface area contributed by atoms with Crippen LogP contribution in [0.2, 0.25) is 0 Å². The van der Waals surface area contributed by atoms with Crippen molar-refractivity contribution in [2.24, 2.45) is 0 Å². The van der Waals surface area contributed by atoms with E-state index in [9.17, 15) is 4.79 Å². The number of benzene rings is 1. The summed E-state index contributed by atoms with van der Waals surface area (Å²) in [6.45, 7) is 6.13. The summed E-state index contributed by atoms with van der Waals surface area (Å²) in [5, 5.41) is 2.96. The summed E-state index contributed by atoms with van der Waals surface area (Å²) < 4.78 is 5.51. The SMILES string of the molecule is COc1cc2c(cc1NC(=O)c1cnc(C(C)(C)C)nc1)CCCCC2. The van der Waals surface area contributed by atoms with Gasteiger partial charge >= 0.3 is 0 Å². The quantitative estimate of drug-likeness (QED) is 0.836. The molecule has 26 heavy (non-hydrogen) atoms. The second-order valence-corrected chi connectivity index (χ2v) is 7.88. The predicted molar refractivity (Wildman–Crippen MR) is 103 cm³/mol. The van der Waals surface area contributed by atoms with Crippen LogP contribution in [-0.4, -0.2) is 23.0 Å². The number of hydrogen-bond donors (Lipinski definition) is 1. The normalized spacial score (nSPS) is 14.3. The van der Waals surface area contributed by atoms with Crippen LogP contribution in [0.4, 0.5) is 5.69 Å². The average Bonchev–Trinajstić information content (AvgIpc) is 2.85. The Hall–Kier alpha value is -2.43. The van der Waals surface area contributed by atoms with E-state index >= 15 is 0 Å². The molecule has 1 aliphatic carbocycles. The van der Waals surface area contributed by atoms with E-state index in [4.69, 9.17) is 4.74 Å². The Morgan fingerprint density at radius 2 is 1.65 bits per heavy atom. The van der Waals surface area contributed by atoms with Crippen molar-refractivity contribution >= 4 is 11.6 Å². The summed E-state index contributed by atoms with van der Waals surface area (Å²) in [6, 6.07) is 4.12. The molecule has 0 aliphatic heterocycles. The number of methoxy groups -OCH3 is 1. The van der Waals surface area contributed by atoms with Crippen molar-refractivity contribution in [1.82, 2.24) is 9.97 Å². The van der Waals surface area contributed by atoms with Crippen LogP contribution in [0.1, 0.15) is 67.3 Å². The minimum atomic E-state index is -0.225. The Kier molecular flexibility index (Phi) is 5.25. The standard InChI is InChI=1S/C21H27N3O2/c1-21(2,3)20-22-12-16(13-23-20)19(25)24-17-10-14-8-6-5-7-9-15(14)11-18(17)26-4/h10-13H,5-9H2,1-4H3,(H,24,25). The molecular formula is C21H27N3O2. The number of fused-ring (bicyclic) bond motifs is 1. The molecule has 1 amide bonds. The minimum absolute atomic E-state index is 0.144. The van der Waals surface area contributed by atoms with Crippen LogP contribution in [0.15, 0.2) is 24.5 Å². The number of aromatic nitrogens is 2. The van der Waals surface area contributed by atoms with Gasteiger partial charge in [0, 0.05) is 17.8 Å². The molecule has 0 fully saturated rings. The molecule has 0 saturated heterocycles. The molecule has 3 rings (SSSR count). The van der Waals surface area contributed by atoms with Crippen LogP contribution in [-0.2, 0) is 18.3 Å². The van der Waals surface area contributed by atoms with Gasteiger partial charge in [0.1, 0.15) is 11.6 Å². The first-order valence-electron chi connectivity index (χ1n) is 9.22. The zero-order valence-electron chi connectivity index (χ0n) is 16.1. The lowest BCUT2D eigenvalue weighted by Crippen LogP contribution is -2.18. The number of carbonyl (C=O) groups excluding carboxylic acids is 1. The van der Waals surface area contributed by atoms with Crippen LogP contribution in [0.25, 0.3) is 0 Å². The van der Waals surface area contributed by atoms with E-state index in [1.54, 1.807) is 19.5 Å². The minimum Gasteiger partial charge on any atom is -0.495 e. The third-order valence-corrected chi connectivity index (χ3v) is 4.75. The maximum Gasteiger partial charge on any atom is 0.258 e. The van der Waals surface area contributed by atoms with Gasteiger partial charge in [-0.2, -0.15) is 0 Å². The highest BCUT2D eigenvalue weighted by Crippen LogP contribution is 2.32. The zero-order chi connectivity index (χ0) is 18.7. The average molecular weight is 353 g/mol. The lowest BCUT2D eigenvalue weighted by molar-refractivity contribution is 0.102. The molecule has 0 radical (unpaired) electrons. The Labute approximate surface area is 155 Å². The fourth-order valence-corrected chi connectivity index (χ4v) is 3.23. The fourth-order valence-electron chi connectivity index (χ4n) is 3.23. The molecule has 1 aromatic heterocycles. The summed E-state index contributed by atoms with van der Waals surface area (Å²) in [6.07, 6.45) is 8.93. The third kappa shape index (κ3) is 4.03. The monoisotopic (exact) mass is 353 g/mol. The number of anilines is 1. The van der Waals surface area contributed by atoms with E-state index in [0.29, 0.717) is 17.0 Å². The molecular weight excluding hydrogens is 326 g/mol. The van der Waals surface area contributed by atoms with E-state index in [1.807, 2.05) is 20.8 Å². The number of nitrogens with zero attached hydrogens (tertiary/aromatic N) is 2. The van der Waals surface area contributed by atoms with E-state index < -0.39 is 0 Å². The second-order valence-electron chi connectivity index (χ2n) is 7.88. The van der Waals surface area contributed by atoms with Crippen molar-refractivity contribution in [2.45, 2.75) is 58.3 Å². The molecule has 0 atom stereocenters. The summed E-state index contributed by atoms with van der Waals surface area (Å²) >= 11 is 0. The molecule has 1 aliphatic rings. The first-order valence-corrected chi connectivity index (χ1v) is 9.22. The van der Waals surface area contributed by atoms with Crippen molar-refractivity contribution in [2.75, 3.05) is 12.4 Å². The van der Waals surface area contributed by atoms with Crippen molar-refractivity contribution in [3.63, 3.8) is 0 Å². The van der Waals surface area contributed by atoms with Gasteiger partial charge in [0.2, 0.25) is 0 Å². The summed E-state index contributed by atoms with van der Waals surface area (Å²) in [7, 11) is 1.63. The number of nitrogens with one attached hydrogen (secondary N) is 1. The number of hydrogen-bond acceptors (Lipinski definition) is 4. The zero-order valence-corrected chi connectivity index (χ0v) is 16.1. The largest absolute Gasteiger partial charge is 0.495 e. The van der Waals surface area contributed by atoms with Gasteiger partial charge in [0.05, 0.1) is 18.4 Å². The smallest absolute Gasteiger partial charge is 0.258 e. The summed E-state index contributed by atoms with van der Waals surface area (Å²) in [5.74, 6) is 1.19. The highest BCUT2D eigenvalue weighted by molar-refractivity contribution is 6.04. The lowest BCUT2D eigenvalue weighted by Gasteiger charge is -2.17. The number of rotatable bonds is 3. The van der Waals surface area contributed by atoms with Gasteiger partial charge in [-0.3, -0.25) is 4.79 Å². The van der Waals surface area contributed by atoms with Gasteiger partial charge in [-0.05, 0) is 48.9 Å². The fraction of sp³-hybridized carbons (Fsp3) is 0.476. The van der Waals surface area contributed by atoms with E-state index in [0.717, 1.165) is 18.7 Å². The van der Waals surface area contributed by atoms with Gasteiger partial charge in [0.15, 0.2) is 0 Å². The first kappa shape index (κ1) is 18.4. The Bertz CT molecular complexity index is 792. The van der Waals surface area contributed by atoms with Crippen molar-refractivity contribution in [3.05, 3.63) is 47.0 Å². The number of ether oxygens (including phenoxy) is 1. The summed E-state index contributed by atoms with van der Waals surface area (Å²) in [5.41, 5.74) is 3.64. The van der Waals surface area contributed by atoms with Crippen LogP contribution in [0.3, 0.4) is 0 Å². The molecule has 0 saturated carbocycles. The van der Waals surface area contributed by atoms with Crippen LogP contribution in [0, 0.1) is 0 Å². The van der Waals surface area contributed by atoms with Crippen LogP contribution < -0.4 is 10.1 Å². The van der Waals surface area contributed by atoms with Crippen molar-refractivity contribution in [1.29, 1.82) is 0 Å². The van der Waals surface area contributed by atoms with Crippen molar-refractivity contribution < 1.29 is 9.53 Å². The van der Waals surface area contributed by atoms with Gasteiger partial charge in [0.25, 0.3) is 5.91 Å². The highest BCUT2D eigenvalue weighted by Gasteiger charge is 2.19. The summed E-state index contributed by atoms with van der Waals surface area (Å²) in [4.78, 5) is 21.3. The molecule has 1 heterocycles. The van der Waals surface area contributed by atoms with E-state index in [-0.39, 0.29) is 11.3 Å².